The summed E-state index contributed by atoms with van der Waals surface area (Å²) in [4.78, 5) is 17.5. The van der Waals surface area contributed by atoms with Crippen LogP contribution in [0.25, 0.3) is 50.3 Å². The summed E-state index contributed by atoms with van der Waals surface area (Å²) >= 11 is 1.65. The molecule has 5 aromatic rings. The number of fused-ring (bicyclic) bond motifs is 2. The predicted octanol–water partition coefficient (Wildman–Crippen LogP) is 4.00. The fourth-order valence-corrected chi connectivity index (χ4v) is 4.43. The van der Waals surface area contributed by atoms with Crippen molar-refractivity contribution in [2.45, 2.75) is 6.42 Å². The lowest BCUT2D eigenvalue weighted by atomic mass is 10.0. The van der Waals surface area contributed by atoms with E-state index in [9.17, 15) is 0 Å². The summed E-state index contributed by atoms with van der Waals surface area (Å²) in [5, 5.41) is 16.1. The maximum Gasteiger partial charge on any atom is 0.159 e. The number of aromatic amines is 2. The lowest BCUT2D eigenvalue weighted by Gasteiger charge is -2.13. The Kier molecular flexibility index (Phi) is 3.78. The third-order valence-electron chi connectivity index (χ3n) is 5.26. The molecular weight excluding hydrogens is 382 g/mol. The van der Waals surface area contributed by atoms with Gasteiger partial charge in [-0.1, -0.05) is 6.08 Å². The zero-order valence-corrected chi connectivity index (χ0v) is 16.3. The summed E-state index contributed by atoms with van der Waals surface area (Å²) in [6.45, 7) is 1.86. The quantitative estimate of drug-likeness (QED) is 0.426. The van der Waals surface area contributed by atoms with Gasteiger partial charge in [-0.05, 0) is 42.1 Å². The fourth-order valence-electron chi connectivity index (χ4n) is 3.79. The van der Waals surface area contributed by atoms with Gasteiger partial charge in [0.25, 0.3) is 0 Å². The van der Waals surface area contributed by atoms with E-state index < -0.39 is 0 Å². The van der Waals surface area contributed by atoms with Gasteiger partial charge in [0.2, 0.25) is 0 Å². The average Bonchev–Trinajstić information content (AvgIpc) is 3.52. The highest BCUT2D eigenvalue weighted by Gasteiger charge is 2.17. The molecule has 1 aliphatic heterocycles. The van der Waals surface area contributed by atoms with Gasteiger partial charge in [-0.15, -0.1) is 0 Å². The van der Waals surface area contributed by atoms with Crippen LogP contribution in [0.15, 0.2) is 47.4 Å². The number of aromatic nitrogens is 6. The van der Waals surface area contributed by atoms with Crippen LogP contribution in [0.5, 0.6) is 0 Å². The van der Waals surface area contributed by atoms with Gasteiger partial charge in [0.15, 0.2) is 5.82 Å². The number of thiophene rings is 1. The molecule has 0 aromatic carbocycles. The molecule has 0 atom stereocenters. The van der Waals surface area contributed by atoms with Crippen LogP contribution < -0.4 is 5.32 Å². The number of rotatable bonds is 3. The largest absolute Gasteiger partial charge is 0.336 e. The van der Waals surface area contributed by atoms with E-state index in [-0.39, 0.29) is 0 Å². The van der Waals surface area contributed by atoms with Crippen LogP contribution in [-0.2, 0) is 0 Å². The first-order valence-electron chi connectivity index (χ1n) is 9.49. The normalized spacial score (nSPS) is 14.6. The minimum atomic E-state index is 0.729. The molecule has 0 bridgehead atoms. The van der Waals surface area contributed by atoms with Crippen LogP contribution in [0.2, 0.25) is 0 Å². The zero-order valence-electron chi connectivity index (χ0n) is 15.4. The van der Waals surface area contributed by atoms with Crippen LogP contribution in [0.3, 0.4) is 0 Å². The first-order chi connectivity index (χ1) is 14.4. The van der Waals surface area contributed by atoms with E-state index in [0.717, 1.165) is 69.9 Å². The molecule has 3 N–H and O–H groups in total. The molecule has 0 aliphatic carbocycles. The van der Waals surface area contributed by atoms with Crippen LogP contribution in [0, 0.1) is 0 Å². The Labute approximate surface area is 169 Å². The van der Waals surface area contributed by atoms with Crippen molar-refractivity contribution in [1.82, 2.24) is 35.5 Å². The third-order valence-corrected chi connectivity index (χ3v) is 5.94. The molecule has 0 fully saturated rings. The first kappa shape index (κ1) is 16.6. The minimum Gasteiger partial charge on any atom is -0.336 e. The molecule has 0 spiro atoms. The van der Waals surface area contributed by atoms with Crippen molar-refractivity contribution in [2.75, 3.05) is 13.1 Å². The van der Waals surface area contributed by atoms with Gasteiger partial charge in [-0.2, -0.15) is 16.4 Å². The second-order valence-electron chi connectivity index (χ2n) is 7.02. The van der Waals surface area contributed by atoms with Crippen molar-refractivity contribution in [1.29, 1.82) is 0 Å². The van der Waals surface area contributed by atoms with Gasteiger partial charge in [0.05, 0.1) is 28.6 Å². The van der Waals surface area contributed by atoms with Crippen LogP contribution in [0.1, 0.15) is 12.1 Å². The first-order valence-corrected chi connectivity index (χ1v) is 10.4. The zero-order chi connectivity index (χ0) is 19.2. The summed E-state index contributed by atoms with van der Waals surface area (Å²) in [6.07, 6.45) is 6.85. The Balaban J connectivity index is 1.50. The van der Waals surface area contributed by atoms with Crippen molar-refractivity contribution < 1.29 is 0 Å². The van der Waals surface area contributed by atoms with E-state index in [1.165, 1.54) is 5.57 Å². The summed E-state index contributed by atoms with van der Waals surface area (Å²) in [6, 6.07) is 6.12. The molecule has 6 rings (SSSR count). The second-order valence-corrected chi connectivity index (χ2v) is 7.80. The van der Waals surface area contributed by atoms with Crippen molar-refractivity contribution in [3.05, 3.63) is 53.1 Å². The Bertz CT molecular complexity index is 1360. The molecular formula is C21H17N7S. The molecule has 142 valence electrons. The van der Waals surface area contributed by atoms with Crippen molar-refractivity contribution in [3.63, 3.8) is 0 Å². The molecule has 0 unspecified atom stereocenters. The van der Waals surface area contributed by atoms with Crippen LogP contribution in [0.4, 0.5) is 0 Å². The van der Waals surface area contributed by atoms with E-state index in [4.69, 9.17) is 4.98 Å². The van der Waals surface area contributed by atoms with Gasteiger partial charge >= 0.3 is 0 Å². The molecule has 5 aromatic heterocycles. The number of nitrogens with zero attached hydrogens (tertiary/aromatic N) is 4. The molecule has 6 heterocycles. The van der Waals surface area contributed by atoms with Gasteiger partial charge in [-0.25, -0.2) is 4.98 Å². The molecule has 8 heteroatoms. The molecule has 0 saturated carbocycles. The molecule has 0 amide bonds. The number of pyridine rings is 2. The molecule has 29 heavy (non-hydrogen) atoms. The van der Waals surface area contributed by atoms with Crippen LogP contribution >= 0.6 is 11.3 Å². The Morgan fingerprint density at radius 1 is 1.07 bits per heavy atom. The highest BCUT2D eigenvalue weighted by atomic mass is 32.1. The Hall–Kier alpha value is -3.36. The maximum atomic E-state index is 4.86. The second kappa shape index (κ2) is 6.61. The number of H-pyrrole nitrogens is 2. The van der Waals surface area contributed by atoms with E-state index in [2.05, 4.69) is 59.4 Å². The number of hydrogen-bond acceptors (Lipinski definition) is 6. The minimum absolute atomic E-state index is 0.729. The summed E-state index contributed by atoms with van der Waals surface area (Å²) < 4.78 is 0. The summed E-state index contributed by atoms with van der Waals surface area (Å²) in [5.41, 5.74) is 7.73. The molecule has 0 saturated heterocycles. The van der Waals surface area contributed by atoms with Crippen molar-refractivity contribution in [2.24, 2.45) is 0 Å². The highest BCUT2D eigenvalue weighted by Crippen LogP contribution is 2.31. The summed E-state index contributed by atoms with van der Waals surface area (Å²) in [7, 11) is 0. The molecule has 7 nitrogen and oxygen atoms in total. The maximum absolute atomic E-state index is 4.86. The van der Waals surface area contributed by atoms with E-state index in [1.54, 1.807) is 11.3 Å². The summed E-state index contributed by atoms with van der Waals surface area (Å²) in [5.74, 6) is 0.729. The molecule has 0 radical (unpaired) electrons. The third kappa shape index (κ3) is 2.76. The number of hydrogen-bond donors (Lipinski definition) is 3. The topological polar surface area (TPSA) is 95.2 Å². The van der Waals surface area contributed by atoms with Gasteiger partial charge in [0.1, 0.15) is 11.2 Å². The van der Waals surface area contributed by atoms with Gasteiger partial charge in [0, 0.05) is 29.1 Å². The Morgan fingerprint density at radius 2 is 2.07 bits per heavy atom. The Morgan fingerprint density at radius 3 is 2.93 bits per heavy atom. The van der Waals surface area contributed by atoms with E-state index >= 15 is 0 Å². The standard InChI is InChI=1S/C21H17N7S/c1-5-22-6-2-12(1)16-9-14-17(10-24-16)27-28-19(14)21-25-15-3-7-23-18(20(15)26-21)13-4-8-29-11-13/h1,3-4,7-11,22H,2,5-6H2,(H,25,26)(H,27,28). The van der Waals surface area contributed by atoms with Crippen molar-refractivity contribution >= 4 is 38.8 Å². The smallest absolute Gasteiger partial charge is 0.159 e. The fraction of sp³-hybridized carbons (Fsp3) is 0.143. The monoisotopic (exact) mass is 399 g/mol. The van der Waals surface area contributed by atoms with Gasteiger partial charge < -0.3 is 10.3 Å². The van der Waals surface area contributed by atoms with E-state index in [0.29, 0.717) is 0 Å². The highest BCUT2D eigenvalue weighted by molar-refractivity contribution is 7.08. The molecule has 1 aliphatic rings. The SMILES string of the molecule is C1=C(c2cc3c(-c4nc5c(-c6ccsc6)nccc5[nH]4)n[nH]c3cn2)CCNC1. The number of imidazole rings is 1. The lowest BCUT2D eigenvalue weighted by molar-refractivity contribution is 0.737. The van der Waals surface area contributed by atoms with Crippen molar-refractivity contribution in [3.8, 4) is 22.8 Å². The van der Waals surface area contributed by atoms with Crippen LogP contribution in [-0.4, -0.2) is 43.2 Å². The lowest BCUT2D eigenvalue weighted by Crippen LogP contribution is -2.20. The number of nitrogens with one attached hydrogen (secondary N) is 3. The predicted molar refractivity (Wildman–Crippen MR) is 116 cm³/mol. The average molecular weight is 399 g/mol. The van der Waals surface area contributed by atoms with E-state index in [1.807, 2.05) is 18.5 Å². The van der Waals surface area contributed by atoms with Gasteiger partial charge in [-0.3, -0.25) is 15.1 Å².